The van der Waals surface area contributed by atoms with E-state index in [9.17, 15) is 18.8 Å². The molecule has 10 nitrogen and oxygen atoms in total. The standard InChI is InChI=1S/C21H21ClFN5O5S2/c1-4-32-20(31)16-10(2)17(18(24)30)35-19(16)25-15(29)9-34-21-27-26-14(28(21)3)8-33-13-6-5-11(23)7-12(13)22/h5-7H,4,8-9H2,1-3H3,(H2,24,30)(H,25,29). The van der Waals surface area contributed by atoms with Gasteiger partial charge < -0.3 is 25.1 Å². The number of carbonyl (C=O) groups excluding carboxylic acids is 3. The molecule has 0 aliphatic carbocycles. The molecule has 3 aromatic rings. The molecule has 0 unspecified atom stereocenters. The number of nitrogens with zero attached hydrogens (tertiary/aromatic N) is 3. The van der Waals surface area contributed by atoms with Gasteiger partial charge in [-0.05, 0) is 37.6 Å². The van der Waals surface area contributed by atoms with E-state index in [2.05, 4.69) is 15.5 Å². The predicted octanol–water partition coefficient (Wildman–Crippen LogP) is 3.56. The lowest BCUT2D eigenvalue weighted by atomic mass is 10.1. The number of nitrogens with two attached hydrogens (primary N) is 1. The minimum atomic E-state index is -0.705. The zero-order valence-corrected chi connectivity index (χ0v) is 21.3. The summed E-state index contributed by atoms with van der Waals surface area (Å²) in [5, 5.41) is 11.5. The smallest absolute Gasteiger partial charge is 0.341 e. The van der Waals surface area contributed by atoms with Crippen molar-refractivity contribution in [1.82, 2.24) is 14.8 Å². The lowest BCUT2D eigenvalue weighted by Crippen LogP contribution is -2.17. The third-order valence-corrected chi connectivity index (χ3v) is 7.15. The van der Waals surface area contributed by atoms with Gasteiger partial charge in [-0.1, -0.05) is 23.4 Å². The Labute approximate surface area is 212 Å². The molecule has 0 spiro atoms. The normalized spacial score (nSPS) is 10.8. The maximum atomic E-state index is 13.2. The monoisotopic (exact) mass is 541 g/mol. The molecule has 2 amide bonds. The summed E-state index contributed by atoms with van der Waals surface area (Å²) in [5.74, 6) is -1.57. The van der Waals surface area contributed by atoms with Crippen LogP contribution in [0.2, 0.25) is 5.02 Å². The van der Waals surface area contributed by atoms with Crippen LogP contribution in [-0.2, 0) is 23.2 Å². The number of primary amides is 1. The fraction of sp³-hybridized carbons (Fsp3) is 0.286. The van der Waals surface area contributed by atoms with Gasteiger partial charge in [0, 0.05) is 7.05 Å². The zero-order chi connectivity index (χ0) is 25.7. The fourth-order valence-electron chi connectivity index (χ4n) is 2.91. The van der Waals surface area contributed by atoms with Gasteiger partial charge in [0.05, 0.1) is 27.8 Å². The van der Waals surface area contributed by atoms with Gasteiger partial charge in [-0.2, -0.15) is 0 Å². The van der Waals surface area contributed by atoms with E-state index in [0.29, 0.717) is 22.3 Å². The Morgan fingerprint density at radius 3 is 2.71 bits per heavy atom. The largest absolute Gasteiger partial charge is 0.484 e. The van der Waals surface area contributed by atoms with Crippen LogP contribution in [0.15, 0.2) is 23.4 Å². The third-order valence-electron chi connectivity index (χ3n) is 4.61. The molecule has 0 aliphatic heterocycles. The van der Waals surface area contributed by atoms with Crippen LogP contribution in [0.4, 0.5) is 9.39 Å². The molecule has 0 fully saturated rings. The molecule has 2 heterocycles. The summed E-state index contributed by atoms with van der Waals surface area (Å²) in [7, 11) is 1.70. The number of thiophene rings is 1. The van der Waals surface area contributed by atoms with Gasteiger partial charge >= 0.3 is 5.97 Å². The maximum absolute atomic E-state index is 13.2. The highest BCUT2D eigenvalue weighted by Gasteiger charge is 2.26. The molecular weight excluding hydrogens is 521 g/mol. The summed E-state index contributed by atoms with van der Waals surface area (Å²) >= 11 is 7.98. The number of halogens is 2. The number of benzene rings is 1. The highest BCUT2D eigenvalue weighted by Crippen LogP contribution is 2.34. The van der Waals surface area contributed by atoms with E-state index in [1.807, 2.05) is 0 Å². The van der Waals surface area contributed by atoms with Gasteiger partial charge in [-0.15, -0.1) is 21.5 Å². The first kappa shape index (κ1) is 26.4. The van der Waals surface area contributed by atoms with Crippen LogP contribution < -0.4 is 15.8 Å². The SMILES string of the molecule is CCOC(=O)c1c(NC(=O)CSc2nnc(COc3ccc(F)cc3Cl)n2C)sc(C(N)=O)c1C. The van der Waals surface area contributed by atoms with E-state index >= 15 is 0 Å². The van der Waals surface area contributed by atoms with E-state index in [-0.39, 0.29) is 39.4 Å². The summed E-state index contributed by atoms with van der Waals surface area (Å²) in [4.78, 5) is 36.8. The minimum Gasteiger partial charge on any atom is -0.484 e. The van der Waals surface area contributed by atoms with E-state index < -0.39 is 23.6 Å². The number of ether oxygens (including phenoxy) is 2. The molecule has 0 atom stereocenters. The van der Waals surface area contributed by atoms with E-state index in [4.69, 9.17) is 26.8 Å². The average Bonchev–Trinajstić information content (AvgIpc) is 3.31. The number of nitrogens with one attached hydrogen (secondary N) is 1. The van der Waals surface area contributed by atoms with Gasteiger partial charge in [0.2, 0.25) is 5.91 Å². The van der Waals surface area contributed by atoms with Gasteiger partial charge in [0.15, 0.2) is 11.0 Å². The Hall–Kier alpha value is -3.16. The number of carbonyl (C=O) groups is 3. The lowest BCUT2D eigenvalue weighted by Gasteiger charge is -2.08. The Morgan fingerprint density at radius 1 is 1.31 bits per heavy atom. The Kier molecular flexibility index (Phi) is 8.70. The Bertz CT molecular complexity index is 1280. The summed E-state index contributed by atoms with van der Waals surface area (Å²) in [6, 6.07) is 3.78. The summed E-state index contributed by atoms with van der Waals surface area (Å²) < 4.78 is 25.4. The van der Waals surface area contributed by atoms with Crippen molar-refractivity contribution < 1.29 is 28.2 Å². The second-order valence-electron chi connectivity index (χ2n) is 7.00. The number of rotatable bonds is 10. The quantitative estimate of drug-likeness (QED) is 0.293. The molecule has 0 radical (unpaired) electrons. The van der Waals surface area contributed by atoms with Crippen molar-refractivity contribution in [2.24, 2.45) is 12.8 Å². The molecule has 35 heavy (non-hydrogen) atoms. The topological polar surface area (TPSA) is 138 Å². The highest BCUT2D eigenvalue weighted by molar-refractivity contribution is 7.99. The molecule has 0 bridgehead atoms. The van der Waals surface area contributed by atoms with E-state index in [0.717, 1.165) is 29.2 Å². The number of esters is 1. The first-order chi connectivity index (χ1) is 16.6. The van der Waals surface area contributed by atoms with Crippen molar-refractivity contribution in [2.45, 2.75) is 25.6 Å². The highest BCUT2D eigenvalue weighted by atomic mass is 35.5. The second kappa shape index (κ2) is 11.5. The third kappa shape index (κ3) is 6.29. The van der Waals surface area contributed by atoms with Gasteiger partial charge in [0.25, 0.3) is 5.91 Å². The Balaban J connectivity index is 1.64. The number of anilines is 1. The lowest BCUT2D eigenvalue weighted by molar-refractivity contribution is -0.113. The van der Waals surface area contributed by atoms with Crippen LogP contribution in [0.25, 0.3) is 0 Å². The molecular formula is C21H21ClFN5O5S2. The number of aromatic nitrogens is 3. The van der Waals surface area contributed by atoms with Crippen LogP contribution in [0.3, 0.4) is 0 Å². The van der Waals surface area contributed by atoms with Crippen LogP contribution in [0.5, 0.6) is 5.75 Å². The fourth-order valence-corrected chi connectivity index (χ4v) is 4.92. The van der Waals surface area contributed by atoms with Crippen molar-refractivity contribution >= 4 is 57.5 Å². The predicted molar refractivity (Wildman–Crippen MR) is 130 cm³/mol. The zero-order valence-electron chi connectivity index (χ0n) is 18.9. The summed E-state index contributed by atoms with van der Waals surface area (Å²) in [5.41, 5.74) is 5.83. The van der Waals surface area contributed by atoms with Crippen LogP contribution in [0, 0.1) is 12.7 Å². The number of amides is 2. The van der Waals surface area contributed by atoms with E-state index in [1.165, 1.54) is 12.1 Å². The van der Waals surface area contributed by atoms with Crippen molar-refractivity contribution in [2.75, 3.05) is 17.7 Å². The van der Waals surface area contributed by atoms with Crippen molar-refractivity contribution in [3.8, 4) is 5.75 Å². The van der Waals surface area contributed by atoms with Gasteiger partial charge in [-0.3, -0.25) is 9.59 Å². The molecule has 1 aromatic carbocycles. The van der Waals surface area contributed by atoms with Gasteiger partial charge in [-0.25, -0.2) is 9.18 Å². The maximum Gasteiger partial charge on any atom is 0.341 e. The molecule has 0 saturated heterocycles. The van der Waals surface area contributed by atoms with Crippen molar-refractivity contribution in [3.63, 3.8) is 0 Å². The molecule has 3 N–H and O–H groups in total. The number of thioether (sulfide) groups is 1. The second-order valence-corrected chi connectivity index (χ2v) is 9.37. The summed E-state index contributed by atoms with van der Waals surface area (Å²) in [6.45, 7) is 3.37. The van der Waals surface area contributed by atoms with E-state index in [1.54, 1.807) is 25.5 Å². The molecule has 14 heteroatoms. The van der Waals surface area contributed by atoms with Crippen LogP contribution in [0.1, 0.15) is 38.3 Å². The number of hydrogen-bond donors (Lipinski definition) is 2. The first-order valence-electron chi connectivity index (χ1n) is 10.1. The number of hydrogen-bond acceptors (Lipinski definition) is 9. The van der Waals surface area contributed by atoms with Crippen LogP contribution in [-0.4, -0.2) is 44.9 Å². The molecule has 186 valence electrons. The minimum absolute atomic E-state index is 0.0227. The average molecular weight is 542 g/mol. The Morgan fingerprint density at radius 2 is 2.06 bits per heavy atom. The molecule has 0 aliphatic rings. The van der Waals surface area contributed by atoms with Crippen LogP contribution >= 0.6 is 34.7 Å². The van der Waals surface area contributed by atoms with Crippen molar-refractivity contribution in [3.05, 3.63) is 50.9 Å². The summed E-state index contributed by atoms with van der Waals surface area (Å²) in [6.07, 6.45) is 0. The molecule has 0 saturated carbocycles. The van der Waals surface area contributed by atoms with Gasteiger partial charge in [0.1, 0.15) is 23.2 Å². The molecule has 3 rings (SSSR count). The molecule has 2 aromatic heterocycles. The van der Waals surface area contributed by atoms with Crippen molar-refractivity contribution in [1.29, 1.82) is 0 Å². The first-order valence-corrected chi connectivity index (χ1v) is 12.3.